The van der Waals surface area contributed by atoms with Crippen molar-refractivity contribution in [3.8, 4) is 11.1 Å². The molecule has 1 aliphatic heterocycles. The summed E-state index contributed by atoms with van der Waals surface area (Å²) >= 11 is 0. The van der Waals surface area contributed by atoms with Crippen molar-refractivity contribution in [3.63, 3.8) is 0 Å². The maximum absolute atomic E-state index is 4.70. The van der Waals surface area contributed by atoms with E-state index in [2.05, 4.69) is 37.9 Å². The van der Waals surface area contributed by atoms with E-state index in [4.69, 9.17) is 4.98 Å². The lowest BCUT2D eigenvalue weighted by Crippen LogP contribution is -2.44. The number of aromatic amines is 1. The summed E-state index contributed by atoms with van der Waals surface area (Å²) in [5, 5.41) is 3.44. The number of anilines is 1. The van der Waals surface area contributed by atoms with Crippen LogP contribution < -0.4 is 4.90 Å². The highest BCUT2D eigenvalue weighted by Gasteiger charge is 2.19. The van der Waals surface area contributed by atoms with Crippen molar-refractivity contribution >= 4 is 27.6 Å². The number of hydrogen-bond acceptors (Lipinski definition) is 5. The third kappa shape index (κ3) is 2.42. The Hall–Kier alpha value is -2.99. The Labute approximate surface area is 151 Å². The van der Waals surface area contributed by atoms with Crippen molar-refractivity contribution in [2.45, 2.75) is 0 Å². The van der Waals surface area contributed by atoms with Crippen LogP contribution in [-0.4, -0.2) is 58.1 Å². The average molecular weight is 344 g/mol. The summed E-state index contributed by atoms with van der Waals surface area (Å²) in [6.07, 6.45) is 9.54. The number of nitrogens with zero attached hydrogens (tertiary/aromatic N) is 5. The molecule has 6 heteroatoms. The number of fused-ring (bicyclic) bond motifs is 3. The topological polar surface area (TPSA) is 60.9 Å². The van der Waals surface area contributed by atoms with Crippen LogP contribution in [0.1, 0.15) is 0 Å². The van der Waals surface area contributed by atoms with Gasteiger partial charge in [-0.3, -0.25) is 4.98 Å². The Morgan fingerprint density at radius 1 is 0.923 bits per heavy atom. The molecule has 1 saturated heterocycles. The first-order valence-electron chi connectivity index (χ1n) is 8.90. The second kappa shape index (κ2) is 6.07. The molecule has 0 spiro atoms. The van der Waals surface area contributed by atoms with Crippen LogP contribution in [0.4, 0.5) is 5.82 Å². The van der Waals surface area contributed by atoms with Gasteiger partial charge in [-0.2, -0.15) is 0 Å². The van der Waals surface area contributed by atoms with Crippen LogP contribution in [0.25, 0.3) is 32.9 Å². The Bertz CT molecular complexity index is 1060. The molecule has 0 radical (unpaired) electrons. The predicted molar refractivity (Wildman–Crippen MR) is 104 cm³/mol. The van der Waals surface area contributed by atoms with Crippen molar-refractivity contribution < 1.29 is 0 Å². The van der Waals surface area contributed by atoms with E-state index in [1.54, 1.807) is 0 Å². The molecule has 6 nitrogen and oxygen atoms in total. The molecule has 4 aromatic heterocycles. The van der Waals surface area contributed by atoms with E-state index >= 15 is 0 Å². The van der Waals surface area contributed by atoms with Crippen LogP contribution >= 0.6 is 0 Å². The molecule has 5 heterocycles. The van der Waals surface area contributed by atoms with E-state index in [1.807, 2.05) is 43.1 Å². The fraction of sp³-hybridized carbons (Fsp3) is 0.250. The Morgan fingerprint density at radius 2 is 1.73 bits per heavy atom. The fourth-order valence-electron chi connectivity index (χ4n) is 3.75. The second-order valence-corrected chi connectivity index (χ2v) is 6.81. The predicted octanol–water partition coefficient (Wildman–Crippen LogP) is 2.92. The smallest absolute Gasteiger partial charge is 0.138 e. The molecule has 26 heavy (non-hydrogen) atoms. The summed E-state index contributed by atoms with van der Waals surface area (Å²) in [5.74, 6) is 1.03. The molecule has 0 unspecified atom stereocenters. The van der Waals surface area contributed by atoms with Gasteiger partial charge in [0, 0.05) is 78.9 Å². The number of pyridine rings is 3. The van der Waals surface area contributed by atoms with E-state index in [-0.39, 0.29) is 0 Å². The highest BCUT2D eigenvalue weighted by molar-refractivity contribution is 6.14. The summed E-state index contributed by atoms with van der Waals surface area (Å²) in [6, 6.07) is 6.16. The van der Waals surface area contributed by atoms with Gasteiger partial charge in [0.05, 0.1) is 0 Å². The number of aromatic nitrogens is 4. The minimum Gasteiger partial charge on any atom is -0.353 e. The van der Waals surface area contributed by atoms with E-state index in [1.165, 1.54) is 5.39 Å². The van der Waals surface area contributed by atoms with Crippen molar-refractivity contribution in [1.29, 1.82) is 0 Å². The first-order valence-corrected chi connectivity index (χ1v) is 8.90. The summed E-state index contributed by atoms with van der Waals surface area (Å²) in [7, 11) is 2.17. The summed E-state index contributed by atoms with van der Waals surface area (Å²) in [5.41, 5.74) is 3.19. The molecule has 5 rings (SSSR count). The van der Waals surface area contributed by atoms with Gasteiger partial charge in [-0.25, -0.2) is 9.97 Å². The highest BCUT2D eigenvalue weighted by Crippen LogP contribution is 2.35. The van der Waals surface area contributed by atoms with Crippen LogP contribution in [0.2, 0.25) is 0 Å². The van der Waals surface area contributed by atoms with E-state index in [0.717, 1.165) is 59.5 Å². The molecule has 0 amide bonds. The lowest BCUT2D eigenvalue weighted by atomic mass is 10.0. The van der Waals surface area contributed by atoms with Gasteiger partial charge in [-0.15, -0.1) is 0 Å². The zero-order valence-electron chi connectivity index (χ0n) is 14.7. The standard InChI is InChI=1S/C20H20N6/c1-25-8-10-26(11-9-25)20-17-13-24-19-18(15(17)4-7-22-20)16(12-23-19)14-2-5-21-6-3-14/h2-7,12-13H,8-11H2,1H3,(H,23,24). The molecule has 1 fully saturated rings. The number of rotatable bonds is 2. The van der Waals surface area contributed by atoms with E-state index in [0.29, 0.717) is 0 Å². The summed E-state index contributed by atoms with van der Waals surface area (Å²) in [6.45, 7) is 4.09. The van der Waals surface area contributed by atoms with Crippen molar-refractivity contribution in [1.82, 2.24) is 24.8 Å². The average Bonchev–Trinajstić information content (AvgIpc) is 3.13. The lowest BCUT2D eigenvalue weighted by molar-refractivity contribution is 0.312. The van der Waals surface area contributed by atoms with Gasteiger partial charge in [0.15, 0.2) is 0 Å². The van der Waals surface area contributed by atoms with Gasteiger partial charge in [-0.05, 0) is 30.8 Å². The first kappa shape index (κ1) is 15.3. The zero-order valence-corrected chi connectivity index (χ0v) is 14.7. The SMILES string of the molecule is CN1CCN(c2nccc3c2cnc2[nH]cc(-c4ccncc4)c23)CC1. The summed E-state index contributed by atoms with van der Waals surface area (Å²) < 4.78 is 0. The molecule has 0 aliphatic carbocycles. The Morgan fingerprint density at radius 3 is 2.54 bits per heavy atom. The first-order chi connectivity index (χ1) is 12.8. The van der Waals surface area contributed by atoms with Gasteiger partial charge in [-0.1, -0.05) is 0 Å². The largest absolute Gasteiger partial charge is 0.353 e. The number of nitrogens with one attached hydrogen (secondary N) is 1. The Kier molecular flexibility index (Phi) is 3.57. The molecular weight excluding hydrogens is 324 g/mol. The van der Waals surface area contributed by atoms with Gasteiger partial charge in [0.25, 0.3) is 0 Å². The van der Waals surface area contributed by atoms with Crippen LogP contribution in [0.15, 0.2) is 49.2 Å². The quantitative estimate of drug-likeness (QED) is 0.606. The molecule has 130 valence electrons. The normalized spacial score (nSPS) is 15.8. The fourth-order valence-corrected chi connectivity index (χ4v) is 3.75. The molecule has 0 bridgehead atoms. The molecule has 0 atom stereocenters. The number of piperazine rings is 1. The van der Waals surface area contributed by atoms with Crippen LogP contribution in [0.5, 0.6) is 0 Å². The molecule has 1 aliphatic rings. The maximum Gasteiger partial charge on any atom is 0.138 e. The molecule has 1 N–H and O–H groups in total. The number of hydrogen-bond donors (Lipinski definition) is 1. The van der Waals surface area contributed by atoms with Crippen molar-refractivity contribution in [3.05, 3.63) is 49.2 Å². The van der Waals surface area contributed by atoms with Crippen molar-refractivity contribution in [2.24, 2.45) is 0 Å². The molecule has 0 saturated carbocycles. The number of H-pyrrole nitrogens is 1. The van der Waals surface area contributed by atoms with Crippen LogP contribution in [0.3, 0.4) is 0 Å². The maximum atomic E-state index is 4.70. The van der Waals surface area contributed by atoms with E-state index < -0.39 is 0 Å². The zero-order chi connectivity index (χ0) is 17.5. The Balaban J connectivity index is 1.71. The van der Waals surface area contributed by atoms with Crippen LogP contribution in [0, 0.1) is 0 Å². The van der Waals surface area contributed by atoms with Gasteiger partial charge in [0.1, 0.15) is 11.5 Å². The number of likely N-dealkylation sites (N-methyl/N-ethyl adjacent to an activating group) is 1. The van der Waals surface area contributed by atoms with Gasteiger partial charge in [0.2, 0.25) is 0 Å². The summed E-state index contributed by atoms with van der Waals surface area (Å²) in [4.78, 5) is 21.5. The highest BCUT2D eigenvalue weighted by atomic mass is 15.3. The third-order valence-electron chi connectivity index (χ3n) is 5.21. The third-order valence-corrected chi connectivity index (χ3v) is 5.21. The second-order valence-electron chi connectivity index (χ2n) is 6.81. The van der Waals surface area contributed by atoms with Crippen LogP contribution in [-0.2, 0) is 0 Å². The molecule has 4 aromatic rings. The minimum absolute atomic E-state index is 0.903. The molecular formula is C20H20N6. The lowest BCUT2D eigenvalue weighted by Gasteiger charge is -2.33. The van der Waals surface area contributed by atoms with E-state index in [9.17, 15) is 0 Å². The monoisotopic (exact) mass is 344 g/mol. The molecule has 0 aromatic carbocycles. The van der Waals surface area contributed by atoms with Gasteiger partial charge < -0.3 is 14.8 Å². The van der Waals surface area contributed by atoms with Crippen molar-refractivity contribution in [2.75, 3.05) is 38.1 Å². The minimum atomic E-state index is 0.903. The van der Waals surface area contributed by atoms with Gasteiger partial charge >= 0.3 is 0 Å².